The summed E-state index contributed by atoms with van der Waals surface area (Å²) in [5.41, 5.74) is 0.885. The van der Waals surface area contributed by atoms with E-state index in [2.05, 4.69) is 0 Å². The Balaban J connectivity index is 2.18. The van der Waals surface area contributed by atoms with Crippen LogP contribution in [0.15, 0.2) is 42.5 Å². The van der Waals surface area contributed by atoms with E-state index in [-0.39, 0.29) is 29.3 Å². The number of hydrogen-bond acceptors (Lipinski definition) is 3. The number of carbonyl (C=O) groups is 2. The zero-order chi connectivity index (χ0) is 14.5. The zero-order valence-corrected chi connectivity index (χ0v) is 10.4. The average Bonchev–Trinajstić information content (AvgIpc) is 2.46. The first kappa shape index (κ1) is 13.7. The molecule has 0 saturated carbocycles. The summed E-state index contributed by atoms with van der Waals surface area (Å²) < 4.78 is 18.2. The Labute approximate surface area is 114 Å². The number of hydrogen-bond donors (Lipinski definition) is 1. The molecule has 0 spiro atoms. The van der Waals surface area contributed by atoms with Gasteiger partial charge in [0.25, 0.3) is 0 Å². The van der Waals surface area contributed by atoms with Crippen LogP contribution >= 0.6 is 0 Å². The lowest BCUT2D eigenvalue weighted by atomic mass is 10.1. The Morgan fingerprint density at radius 1 is 1.20 bits per heavy atom. The lowest BCUT2D eigenvalue weighted by molar-refractivity contribution is 0.0691. The van der Waals surface area contributed by atoms with Crippen LogP contribution in [-0.2, 0) is 6.61 Å². The molecule has 0 bridgehead atoms. The summed E-state index contributed by atoms with van der Waals surface area (Å²) >= 11 is 0. The van der Waals surface area contributed by atoms with Crippen molar-refractivity contribution in [3.63, 3.8) is 0 Å². The van der Waals surface area contributed by atoms with Gasteiger partial charge in [-0.1, -0.05) is 12.1 Å². The summed E-state index contributed by atoms with van der Waals surface area (Å²) in [6.07, 6.45) is 0.566. The van der Waals surface area contributed by atoms with Crippen molar-refractivity contribution in [2.45, 2.75) is 6.61 Å². The van der Waals surface area contributed by atoms with E-state index in [4.69, 9.17) is 9.84 Å². The van der Waals surface area contributed by atoms with Gasteiger partial charge in [-0.05, 0) is 35.9 Å². The highest BCUT2D eigenvalue weighted by molar-refractivity contribution is 5.93. The second-order valence-corrected chi connectivity index (χ2v) is 4.09. The Kier molecular flexibility index (Phi) is 4.10. The van der Waals surface area contributed by atoms with Crippen molar-refractivity contribution >= 4 is 12.3 Å². The van der Waals surface area contributed by atoms with Gasteiger partial charge in [0.15, 0.2) is 0 Å². The topological polar surface area (TPSA) is 63.6 Å². The second-order valence-electron chi connectivity index (χ2n) is 4.09. The third-order valence-electron chi connectivity index (χ3n) is 2.68. The van der Waals surface area contributed by atoms with E-state index < -0.39 is 5.97 Å². The van der Waals surface area contributed by atoms with E-state index in [1.165, 1.54) is 30.3 Å². The third kappa shape index (κ3) is 3.20. The molecule has 0 unspecified atom stereocenters. The molecule has 2 aromatic carbocycles. The molecule has 0 atom stereocenters. The van der Waals surface area contributed by atoms with Gasteiger partial charge in [-0.2, -0.15) is 0 Å². The molecule has 0 fully saturated rings. The van der Waals surface area contributed by atoms with E-state index in [1.807, 2.05) is 0 Å². The molecule has 2 rings (SSSR count). The van der Waals surface area contributed by atoms with Crippen LogP contribution in [0.2, 0.25) is 0 Å². The molecule has 102 valence electrons. The van der Waals surface area contributed by atoms with Crippen LogP contribution in [-0.4, -0.2) is 17.4 Å². The van der Waals surface area contributed by atoms with Gasteiger partial charge >= 0.3 is 5.97 Å². The Bertz CT molecular complexity index is 635. The highest BCUT2D eigenvalue weighted by Gasteiger charge is 2.12. The number of benzene rings is 2. The van der Waals surface area contributed by atoms with Crippen molar-refractivity contribution in [2.24, 2.45) is 0 Å². The Hall–Kier alpha value is -2.69. The fraction of sp³-hybridized carbons (Fsp3) is 0.0667. The molecule has 0 radical (unpaired) electrons. The smallest absolute Gasteiger partial charge is 0.339 e. The number of carbonyl (C=O) groups excluding carboxylic acids is 1. The first-order valence-electron chi connectivity index (χ1n) is 5.80. The van der Waals surface area contributed by atoms with Crippen molar-refractivity contribution in [2.75, 3.05) is 0 Å². The molecule has 0 amide bonds. The Morgan fingerprint density at radius 2 is 1.90 bits per heavy atom. The normalized spacial score (nSPS) is 10.1. The van der Waals surface area contributed by atoms with Crippen LogP contribution in [0.25, 0.3) is 0 Å². The largest absolute Gasteiger partial charge is 0.488 e. The highest BCUT2D eigenvalue weighted by atomic mass is 19.1. The van der Waals surface area contributed by atoms with Crippen molar-refractivity contribution < 1.29 is 23.8 Å². The van der Waals surface area contributed by atoms with E-state index >= 15 is 0 Å². The zero-order valence-electron chi connectivity index (χ0n) is 10.4. The molecule has 0 aliphatic heterocycles. The predicted molar refractivity (Wildman–Crippen MR) is 69.5 cm³/mol. The quantitative estimate of drug-likeness (QED) is 0.851. The highest BCUT2D eigenvalue weighted by Crippen LogP contribution is 2.21. The molecule has 0 aromatic heterocycles. The molecule has 0 aliphatic carbocycles. The molecule has 0 heterocycles. The van der Waals surface area contributed by atoms with Gasteiger partial charge in [0.1, 0.15) is 30.0 Å². The number of carboxylic acids is 1. The monoisotopic (exact) mass is 274 g/mol. The fourth-order valence-corrected chi connectivity index (χ4v) is 1.66. The van der Waals surface area contributed by atoms with Crippen LogP contribution < -0.4 is 4.74 Å². The van der Waals surface area contributed by atoms with Crippen LogP contribution in [0.5, 0.6) is 5.75 Å². The number of aromatic carboxylic acids is 1. The van der Waals surface area contributed by atoms with Crippen molar-refractivity contribution in [3.05, 3.63) is 65.0 Å². The molecular weight excluding hydrogens is 263 g/mol. The summed E-state index contributed by atoms with van der Waals surface area (Å²) in [6.45, 7) is 0.112. The molecular formula is C15H11FO4. The number of ether oxygens (including phenoxy) is 1. The number of halogens is 1. The summed E-state index contributed by atoms with van der Waals surface area (Å²) in [6, 6.07) is 9.84. The number of aldehydes is 1. The van der Waals surface area contributed by atoms with Crippen molar-refractivity contribution in [1.82, 2.24) is 0 Å². The third-order valence-corrected chi connectivity index (χ3v) is 2.68. The first-order chi connectivity index (χ1) is 9.60. The maximum absolute atomic E-state index is 12.8. The van der Waals surface area contributed by atoms with Gasteiger partial charge in [-0.3, -0.25) is 4.79 Å². The van der Waals surface area contributed by atoms with E-state index in [0.717, 1.165) is 0 Å². The number of rotatable bonds is 5. The second kappa shape index (κ2) is 5.97. The molecule has 0 saturated heterocycles. The lowest BCUT2D eigenvalue weighted by Gasteiger charge is -2.09. The van der Waals surface area contributed by atoms with Gasteiger partial charge in [0.05, 0.1) is 0 Å². The van der Waals surface area contributed by atoms with Crippen LogP contribution in [0, 0.1) is 5.82 Å². The van der Waals surface area contributed by atoms with E-state index in [1.54, 1.807) is 12.1 Å². The van der Waals surface area contributed by atoms with Gasteiger partial charge < -0.3 is 9.84 Å². The predicted octanol–water partition coefficient (Wildman–Crippen LogP) is 2.92. The first-order valence-corrected chi connectivity index (χ1v) is 5.80. The molecule has 5 heteroatoms. The van der Waals surface area contributed by atoms with Crippen LogP contribution in [0.3, 0.4) is 0 Å². The molecule has 1 N–H and O–H groups in total. The molecule has 0 aliphatic rings. The number of carboxylic acid groups (broad SMARTS) is 1. The van der Waals surface area contributed by atoms with Gasteiger partial charge in [0, 0.05) is 5.56 Å². The molecule has 20 heavy (non-hydrogen) atoms. The summed E-state index contributed by atoms with van der Waals surface area (Å²) in [4.78, 5) is 21.7. The van der Waals surface area contributed by atoms with Gasteiger partial charge in [0.2, 0.25) is 0 Å². The summed E-state index contributed by atoms with van der Waals surface area (Å²) in [5.74, 6) is -1.37. The average molecular weight is 274 g/mol. The lowest BCUT2D eigenvalue weighted by Crippen LogP contribution is -2.04. The van der Waals surface area contributed by atoms with Crippen molar-refractivity contribution in [3.8, 4) is 5.75 Å². The van der Waals surface area contributed by atoms with Gasteiger partial charge in [-0.25, -0.2) is 9.18 Å². The molecule has 2 aromatic rings. The molecule has 4 nitrogen and oxygen atoms in total. The SMILES string of the molecule is O=Cc1ccc(OCc2ccc(F)cc2)c(C(=O)O)c1. The standard InChI is InChI=1S/C15H11FO4/c16-12-4-1-10(2-5-12)9-20-14-6-3-11(8-17)7-13(14)15(18)19/h1-8H,9H2,(H,18,19). The Morgan fingerprint density at radius 3 is 2.50 bits per heavy atom. The van der Waals surface area contributed by atoms with Crippen LogP contribution in [0.1, 0.15) is 26.3 Å². The minimum absolute atomic E-state index is 0.0864. The summed E-state index contributed by atoms with van der Waals surface area (Å²) in [5, 5.41) is 9.07. The summed E-state index contributed by atoms with van der Waals surface area (Å²) in [7, 11) is 0. The van der Waals surface area contributed by atoms with E-state index in [0.29, 0.717) is 11.8 Å². The maximum Gasteiger partial charge on any atom is 0.339 e. The fourth-order valence-electron chi connectivity index (χ4n) is 1.66. The van der Waals surface area contributed by atoms with Crippen LogP contribution in [0.4, 0.5) is 4.39 Å². The minimum Gasteiger partial charge on any atom is -0.488 e. The van der Waals surface area contributed by atoms with Crippen molar-refractivity contribution in [1.29, 1.82) is 0 Å². The maximum atomic E-state index is 12.8. The van der Waals surface area contributed by atoms with Gasteiger partial charge in [-0.15, -0.1) is 0 Å². The minimum atomic E-state index is -1.18. The van der Waals surface area contributed by atoms with E-state index in [9.17, 15) is 14.0 Å².